The van der Waals surface area contributed by atoms with Crippen LogP contribution in [-0.4, -0.2) is 26.6 Å². The minimum Gasteiger partial charge on any atom is -0.355 e. The predicted molar refractivity (Wildman–Crippen MR) is 102 cm³/mol. The lowest BCUT2D eigenvalue weighted by Gasteiger charge is -2.07. The summed E-state index contributed by atoms with van der Waals surface area (Å²) in [5.41, 5.74) is 2.50. The molecule has 2 aromatic rings. The molecule has 138 valence electrons. The zero-order valence-corrected chi connectivity index (χ0v) is 15.7. The van der Waals surface area contributed by atoms with Gasteiger partial charge in [-0.1, -0.05) is 48.0 Å². The van der Waals surface area contributed by atoms with Crippen LogP contribution in [0.3, 0.4) is 0 Å². The zero-order valence-electron chi connectivity index (χ0n) is 14.9. The number of nitrogens with zero attached hydrogens (tertiary/aromatic N) is 1. The first-order valence-electron chi connectivity index (χ1n) is 8.29. The SMILES string of the molecule is C/C(CC(=O)NCCc1ccccc1)=N/NS(=O)(=O)c1ccc(C)cc1. The topological polar surface area (TPSA) is 87.6 Å². The van der Waals surface area contributed by atoms with Crippen molar-refractivity contribution < 1.29 is 13.2 Å². The number of carbonyl (C=O) groups excluding carboxylic acids is 1. The van der Waals surface area contributed by atoms with Crippen LogP contribution in [0.1, 0.15) is 24.5 Å². The van der Waals surface area contributed by atoms with Gasteiger partial charge >= 0.3 is 0 Å². The minimum absolute atomic E-state index is 0.0329. The minimum atomic E-state index is -3.73. The Balaban J connectivity index is 1.81. The van der Waals surface area contributed by atoms with Gasteiger partial charge in [0.05, 0.1) is 11.3 Å². The van der Waals surface area contributed by atoms with Crippen molar-refractivity contribution >= 4 is 21.6 Å². The summed E-state index contributed by atoms with van der Waals surface area (Å²) >= 11 is 0. The first kappa shape index (κ1) is 19.7. The number of sulfonamides is 1. The Morgan fingerprint density at radius 1 is 1.04 bits per heavy atom. The van der Waals surface area contributed by atoms with Crippen LogP contribution in [0.15, 0.2) is 64.6 Å². The van der Waals surface area contributed by atoms with E-state index in [-0.39, 0.29) is 17.2 Å². The molecule has 26 heavy (non-hydrogen) atoms. The molecule has 0 aliphatic carbocycles. The van der Waals surface area contributed by atoms with Crippen molar-refractivity contribution in [3.63, 3.8) is 0 Å². The Labute approximate surface area is 154 Å². The average Bonchev–Trinajstić information content (AvgIpc) is 2.61. The van der Waals surface area contributed by atoms with Crippen molar-refractivity contribution in [3.8, 4) is 0 Å². The molecule has 0 atom stereocenters. The summed E-state index contributed by atoms with van der Waals surface area (Å²) in [5, 5.41) is 6.62. The monoisotopic (exact) mass is 373 g/mol. The number of carbonyl (C=O) groups is 1. The molecule has 2 rings (SSSR count). The lowest BCUT2D eigenvalue weighted by Crippen LogP contribution is -2.28. The van der Waals surface area contributed by atoms with E-state index in [4.69, 9.17) is 0 Å². The lowest BCUT2D eigenvalue weighted by molar-refractivity contribution is -0.119. The molecule has 0 aromatic heterocycles. The van der Waals surface area contributed by atoms with Crippen LogP contribution in [-0.2, 0) is 21.2 Å². The molecule has 2 aromatic carbocycles. The summed E-state index contributed by atoms with van der Waals surface area (Å²) < 4.78 is 24.3. The van der Waals surface area contributed by atoms with Gasteiger partial charge in [-0.2, -0.15) is 13.5 Å². The Hall–Kier alpha value is -2.67. The number of amides is 1. The quantitative estimate of drug-likeness (QED) is 0.550. The number of aryl methyl sites for hydroxylation is 1. The molecule has 0 unspecified atom stereocenters. The van der Waals surface area contributed by atoms with Crippen LogP contribution >= 0.6 is 0 Å². The maximum atomic E-state index is 12.1. The van der Waals surface area contributed by atoms with Gasteiger partial charge in [-0.25, -0.2) is 4.83 Å². The fourth-order valence-electron chi connectivity index (χ4n) is 2.23. The highest BCUT2D eigenvalue weighted by Crippen LogP contribution is 2.09. The van der Waals surface area contributed by atoms with E-state index in [1.165, 1.54) is 12.1 Å². The molecule has 7 heteroatoms. The Morgan fingerprint density at radius 2 is 1.69 bits per heavy atom. The zero-order chi connectivity index (χ0) is 19.0. The summed E-state index contributed by atoms with van der Waals surface area (Å²) in [6.45, 7) is 4.00. The largest absolute Gasteiger partial charge is 0.355 e. The summed E-state index contributed by atoms with van der Waals surface area (Å²) in [5.74, 6) is -0.197. The highest BCUT2D eigenvalue weighted by atomic mass is 32.2. The standard InChI is InChI=1S/C19H23N3O3S/c1-15-8-10-18(11-9-15)26(24,25)22-21-16(2)14-19(23)20-13-12-17-6-4-3-5-7-17/h3-11,22H,12-14H2,1-2H3,(H,20,23)/b21-16-. The summed E-state index contributed by atoms with van der Waals surface area (Å²) in [4.78, 5) is 14.2. The molecule has 0 saturated carbocycles. The van der Waals surface area contributed by atoms with Crippen molar-refractivity contribution in [1.29, 1.82) is 0 Å². The molecular weight excluding hydrogens is 350 g/mol. The second-order valence-corrected chi connectivity index (χ2v) is 7.68. The molecule has 0 aliphatic rings. The number of hydrogen-bond acceptors (Lipinski definition) is 4. The van der Waals surface area contributed by atoms with Gasteiger partial charge in [0, 0.05) is 12.3 Å². The van der Waals surface area contributed by atoms with Crippen molar-refractivity contribution in [1.82, 2.24) is 10.1 Å². The third-order valence-corrected chi connectivity index (χ3v) is 4.91. The normalized spacial score (nSPS) is 11.8. The van der Waals surface area contributed by atoms with Gasteiger partial charge in [-0.15, -0.1) is 0 Å². The van der Waals surface area contributed by atoms with E-state index in [1.807, 2.05) is 37.3 Å². The Morgan fingerprint density at radius 3 is 2.35 bits per heavy atom. The molecule has 0 fully saturated rings. The molecule has 0 saturated heterocycles. The smallest absolute Gasteiger partial charge is 0.276 e. The van der Waals surface area contributed by atoms with Gasteiger partial charge < -0.3 is 5.32 Å². The third kappa shape index (κ3) is 6.33. The van der Waals surface area contributed by atoms with E-state index in [0.29, 0.717) is 12.3 Å². The molecule has 0 bridgehead atoms. The lowest BCUT2D eigenvalue weighted by atomic mass is 10.1. The van der Waals surface area contributed by atoms with E-state index in [1.54, 1.807) is 19.1 Å². The van der Waals surface area contributed by atoms with E-state index in [2.05, 4.69) is 15.2 Å². The van der Waals surface area contributed by atoms with E-state index in [9.17, 15) is 13.2 Å². The molecule has 0 heterocycles. The molecule has 2 N–H and O–H groups in total. The van der Waals surface area contributed by atoms with Gasteiger partial charge in [-0.05, 0) is 38.0 Å². The molecule has 1 amide bonds. The van der Waals surface area contributed by atoms with Crippen molar-refractivity contribution in [2.75, 3.05) is 6.54 Å². The van der Waals surface area contributed by atoms with Gasteiger partial charge in [0.2, 0.25) is 5.91 Å². The fourth-order valence-corrected chi connectivity index (χ4v) is 3.11. The van der Waals surface area contributed by atoms with E-state index >= 15 is 0 Å². The summed E-state index contributed by atoms with van der Waals surface area (Å²) in [7, 11) is -3.73. The fraction of sp³-hybridized carbons (Fsp3) is 0.263. The van der Waals surface area contributed by atoms with Crippen LogP contribution in [0.2, 0.25) is 0 Å². The van der Waals surface area contributed by atoms with Crippen molar-refractivity contribution in [2.45, 2.75) is 31.6 Å². The second kappa shape index (κ2) is 9.15. The van der Waals surface area contributed by atoms with Gasteiger partial charge in [-0.3, -0.25) is 4.79 Å². The number of hydrazone groups is 1. The van der Waals surface area contributed by atoms with E-state index in [0.717, 1.165) is 17.5 Å². The highest BCUT2D eigenvalue weighted by molar-refractivity contribution is 7.89. The van der Waals surface area contributed by atoms with Crippen molar-refractivity contribution in [3.05, 3.63) is 65.7 Å². The molecule has 0 aliphatic heterocycles. The highest BCUT2D eigenvalue weighted by Gasteiger charge is 2.13. The van der Waals surface area contributed by atoms with Gasteiger partial charge in [0.15, 0.2) is 0 Å². The molecule has 0 spiro atoms. The van der Waals surface area contributed by atoms with E-state index < -0.39 is 10.0 Å². The van der Waals surface area contributed by atoms with Gasteiger partial charge in [0.1, 0.15) is 0 Å². The number of rotatable bonds is 8. The van der Waals surface area contributed by atoms with Crippen LogP contribution in [0.25, 0.3) is 0 Å². The van der Waals surface area contributed by atoms with Crippen molar-refractivity contribution in [2.24, 2.45) is 5.10 Å². The Bertz CT molecular complexity index is 861. The number of hydrogen-bond donors (Lipinski definition) is 2. The summed E-state index contributed by atoms with van der Waals surface area (Å²) in [6.07, 6.45) is 0.772. The third-order valence-electron chi connectivity index (χ3n) is 3.68. The number of benzene rings is 2. The molecule has 0 radical (unpaired) electrons. The Kier molecular flexibility index (Phi) is 6.91. The summed E-state index contributed by atoms with van der Waals surface area (Å²) in [6, 6.07) is 16.3. The average molecular weight is 373 g/mol. The van der Waals surface area contributed by atoms with Crippen LogP contribution in [0.4, 0.5) is 0 Å². The first-order chi connectivity index (χ1) is 12.4. The maximum Gasteiger partial charge on any atom is 0.276 e. The van der Waals surface area contributed by atoms with Crippen LogP contribution < -0.4 is 10.1 Å². The number of nitrogens with one attached hydrogen (secondary N) is 2. The molecular formula is C19H23N3O3S. The predicted octanol–water partition coefficient (Wildman–Crippen LogP) is 2.40. The maximum absolute atomic E-state index is 12.1. The van der Waals surface area contributed by atoms with Crippen LogP contribution in [0.5, 0.6) is 0 Å². The second-order valence-electron chi connectivity index (χ2n) is 6.02. The molecule has 6 nitrogen and oxygen atoms in total. The first-order valence-corrected chi connectivity index (χ1v) is 9.77. The van der Waals surface area contributed by atoms with Crippen LogP contribution in [0, 0.1) is 6.92 Å². The van der Waals surface area contributed by atoms with Gasteiger partial charge in [0.25, 0.3) is 10.0 Å².